The number of ether oxygens (including phenoxy) is 1. The Hall–Kier alpha value is -1.72. The molecule has 21 heavy (non-hydrogen) atoms. The van der Waals surface area contributed by atoms with E-state index in [0.717, 1.165) is 0 Å². The molecule has 0 saturated heterocycles. The molecule has 0 bridgehead atoms. The zero-order valence-electron chi connectivity index (χ0n) is 11.3. The summed E-state index contributed by atoms with van der Waals surface area (Å²) in [5.41, 5.74) is 6.80. The van der Waals surface area contributed by atoms with Crippen LogP contribution in [-0.4, -0.2) is 20.8 Å². The summed E-state index contributed by atoms with van der Waals surface area (Å²) in [4.78, 5) is 0. The van der Waals surface area contributed by atoms with Crippen molar-refractivity contribution in [2.45, 2.75) is 5.75 Å². The first-order chi connectivity index (χ1) is 9.96. The standard InChI is InChI=1S/C15H16ClNO3S/c16-15-7-2-1-4-12(15)11-21(18,19)9-8-20-14-6-3-5-13(17)10-14/h1-7,10H,8-9,11,17H2. The Kier molecular flexibility index (Phi) is 5.09. The fourth-order valence-corrected chi connectivity index (χ4v) is 3.30. The van der Waals surface area contributed by atoms with Crippen LogP contribution in [0.3, 0.4) is 0 Å². The Morgan fingerprint density at radius 2 is 1.86 bits per heavy atom. The summed E-state index contributed by atoms with van der Waals surface area (Å²) in [5, 5.41) is 0.456. The molecule has 0 aliphatic rings. The van der Waals surface area contributed by atoms with Crippen LogP contribution in [0.5, 0.6) is 5.75 Å². The van der Waals surface area contributed by atoms with E-state index in [1.165, 1.54) is 0 Å². The van der Waals surface area contributed by atoms with Crippen LogP contribution in [0.1, 0.15) is 5.56 Å². The van der Waals surface area contributed by atoms with Gasteiger partial charge in [-0.3, -0.25) is 0 Å². The largest absolute Gasteiger partial charge is 0.492 e. The Morgan fingerprint density at radius 1 is 1.10 bits per heavy atom. The van der Waals surface area contributed by atoms with Gasteiger partial charge >= 0.3 is 0 Å². The van der Waals surface area contributed by atoms with E-state index in [1.807, 2.05) is 0 Å². The molecule has 2 N–H and O–H groups in total. The first-order valence-electron chi connectivity index (χ1n) is 6.38. The third-order valence-electron chi connectivity index (χ3n) is 2.85. The highest BCUT2D eigenvalue weighted by Crippen LogP contribution is 2.18. The van der Waals surface area contributed by atoms with Gasteiger partial charge in [0.2, 0.25) is 0 Å². The summed E-state index contributed by atoms with van der Waals surface area (Å²) >= 11 is 5.97. The van der Waals surface area contributed by atoms with Crippen LogP contribution >= 0.6 is 11.6 Å². The van der Waals surface area contributed by atoms with Gasteiger partial charge in [0.1, 0.15) is 12.4 Å². The van der Waals surface area contributed by atoms with Gasteiger partial charge in [0.05, 0.1) is 11.5 Å². The molecule has 112 valence electrons. The van der Waals surface area contributed by atoms with Gasteiger partial charge in [-0.2, -0.15) is 0 Å². The Labute approximate surface area is 129 Å². The van der Waals surface area contributed by atoms with E-state index in [1.54, 1.807) is 48.5 Å². The van der Waals surface area contributed by atoms with Crippen LogP contribution < -0.4 is 10.5 Å². The molecule has 0 saturated carbocycles. The number of rotatable bonds is 6. The van der Waals surface area contributed by atoms with Crippen molar-refractivity contribution in [3.05, 3.63) is 59.1 Å². The van der Waals surface area contributed by atoms with E-state index in [0.29, 0.717) is 22.0 Å². The SMILES string of the molecule is Nc1cccc(OCCS(=O)(=O)Cc2ccccc2Cl)c1. The number of sulfone groups is 1. The van der Waals surface area contributed by atoms with Gasteiger partial charge in [0, 0.05) is 16.8 Å². The molecule has 4 nitrogen and oxygen atoms in total. The number of nitrogens with two attached hydrogens (primary N) is 1. The summed E-state index contributed by atoms with van der Waals surface area (Å²) in [6.45, 7) is 0.0796. The van der Waals surface area contributed by atoms with Gasteiger partial charge in [-0.1, -0.05) is 35.9 Å². The van der Waals surface area contributed by atoms with E-state index in [4.69, 9.17) is 22.1 Å². The molecule has 2 aromatic carbocycles. The molecular weight excluding hydrogens is 310 g/mol. The zero-order valence-corrected chi connectivity index (χ0v) is 12.9. The van der Waals surface area contributed by atoms with Crippen LogP contribution in [0.15, 0.2) is 48.5 Å². The molecule has 0 fully saturated rings. The molecule has 0 aliphatic carbocycles. The summed E-state index contributed by atoms with van der Waals surface area (Å²) in [6, 6.07) is 13.8. The summed E-state index contributed by atoms with van der Waals surface area (Å²) in [6.07, 6.45) is 0. The number of hydrogen-bond donors (Lipinski definition) is 1. The lowest BCUT2D eigenvalue weighted by Crippen LogP contribution is -2.16. The number of halogens is 1. The summed E-state index contributed by atoms with van der Waals surface area (Å²) in [5.74, 6) is 0.392. The monoisotopic (exact) mass is 325 g/mol. The lowest BCUT2D eigenvalue weighted by molar-refractivity contribution is 0.341. The maximum atomic E-state index is 12.0. The minimum absolute atomic E-state index is 0.0764. The minimum atomic E-state index is -3.28. The molecule has 0 spiro atoms. The van der Waals surface area contributed by atoms with Crippen LogP contribution in [0, 0.1) is 0 Å². The van der Waals surface area contributed by atoms with Crippen molar-refractivity contribution in [3.8, 4) is 5.75 Å². The molecule has 0 unspecified atom stereocenters. The topological polar surface area (TPSA) is 69.4 Å². The molecule has 0 aliphatic heterocycles. The van der Waals surface area contributed by atoms with Crippen molar-refractivity contribution in [3.63, 3.8) is 0 Å². The second-order valence-electron chi connectivity index (χ2n) is 4.60. The van der Waals surface area contributed by atoms with Gasteiger partial charge in [-0.05, 0) is 23.8 Å². The maximum absolute atomic E-state index is 12.0. The molecule has 2 aromatic rings. The number of anilines is 1. The van der Waals surface area contributed by atoms with Crippen molar-refractivity contribution in [1.82, 2.24) is 0 Å². The minimum Gasteiger partial charge on any atom is -0.492 e. The molecule has 0 amide bonds. The van der Waals surface area contributed by atoms with E-state index in [2.05, 4.69) is 0 Å². The van der Waals surface area contributed by atoms with Gasteiger partial charge in [0.25, 0.3) is 0 Å². The highest BCUT2D eigenvalue weighted by molar-refractivity contribution is 7.90. The average molecular weight is 326 g/mol. The molecule has 2 rings (SSSR count). The predicted molar refractivity (Wildman–Crippen MR) is 85.3 cm³/mol. The number of hydrogen-bond acceptors (Lipinski definition) is 4. The predicted octanol–water partition coefficient (Wildman–Crippen LogP) is 2.92. The van der Waals surface area contributed by atoms with Gasteiger partial charge in [-0.25, -0.2) is 8.42 Å². The highest BCUT2D eigenvalue weighted by atomic mass is 35.5. The Morgan fingerprint density at radius 3 is 2.57 bits per heavy atom. The first-order valence-corrected chi connectivity index (χ1v) is 8.58. The first kappa shape index (κ1) is 15.7. The zero-order chi connectivity index (χ0) is 15.3. The Balaban J connectivity index is 1.91. The fourth-order valence-electron chi connectivity index (χ4n) is 1.82. The molecular formula is C15H16ClNO3S. The van der Waals surface area contributed by atoms with Gasteiger partial charge in [-0.15, -0.1) is 0 Å². The number of benzene rings is 2. The van der Waals surface area contributed by atoms with Crippen LogP contribution in [0.25, 0.3) is 0 Å². The quantitative estimate of drug-likeness (QED) is 0.829. The smallest absolute Gasteiger partial charge is 0.157 e. The lowest BCUT2D eigenvalue weighted by atomic mass is 10.2. The third-order valence-corrected chi connectivity index (χ3v) is 4.76. The van der Waals surface area contributed by atoms with Crippen molar-refractivity contribution < 1.29 is 13.2 Å². The number of nitrogen functional groups attached to an aromatic ring is 1. The van der Waals surface area contributed by atoms with E-state index < -0.39 is 9.84 Å². The second kappa shape index (κ2) is 6.83. The highest BCUT2D eigenvalue weighted by Gasteiger charge is 2.14. The van der Waals surface area contributed by atoms with Crippen LogP contribution in [-0.2, 0) is 15.6 Å². The molecule has 6 heteroatoms. The normalized spacial score (nSPS) is 11.3. The van der Waals surface area contributed by atoms with Crippen molar-refractivity contribution in [2.24, 2.45) is 0 Å². The average Bonchev–Trinajstić information content (AvgIpc) is 2.41. The molecule has 0 aromatic heterocycles. The van der Waals surface area contributed by atoms with Gasteiger partial charge < -0.3 is 10.5 Å². The van der Waals surface area contributed by atoms with Gasteiger partial charge in [0.15, 0.2) is 9.84 Å². The lowest BCUT2D eigenvalue weighted by Gasteiger charge is -2.08. The molecule has 0 atom stereocenters. The summed E-state index contributed by atoms with van der Waals surface area (Å²) < 4.78 is 29.5. The molecule has 0 heterocycles. The second-order valence-corrected chi connectivity index (χ2v) is 7.20. The van der Waals surface area contributed by atoms with Crippen molar-refractivity contribution in [1.29, 1.82) is 0 Å². The van der Waals surface area contributed by atoms with E-state index in [9.17, 15) is 8.42 Å². The fraction of sp³-hybridized carbons (Fsp3) is 0.200. The third kappa shape index (κ3) is 4.95. The maximum Gasteiger partial charge on any atom is 0.157 e. The van der Waals surface area contributed by atoms with E-state index in [-0.39, 0.29) is 18.1 Å². The van der Waals surface area contributed by atoms with Crippen LogP contribution in [0.2, 0.25) is 5.02 Å². The van der Waals surface area contributed by atoms with Crippen molar-refractivity contribution in [2.75, 3.05) is 18.1 Å². The van der Waals surface area contributed by atoms with Crippen molar-refractivity contribution >= 4 is 27.1 Å². The summed E-state index contributed by atoms with van der Waals surface area (Å²) in [7, 11) is -3.28. The Bertz CT molecular complexity index is 716. The van der Waals surface area contributed by atoms with E-state index >= 15 is 0 Å². The van der Waals surface area contributed by atoms with Crippen LogP contribution in [0.4, 0.5) is 5.69 Å². The molecule has 0 radical (unpaired) electrons.